The quantitative estimate of drug-likeness (QED) is 0.0250. The predicted octanol–water partition coefficient (Wildman–Crippen LogP) is 8.44. The summed E-state index contributed by atoms with van der Waals surface area (Å²) in [5, 5.41) is 5.44. The van der Waals surface area contributed by atoms with E-state index in [1.54, 1.807) is 73.7 Å². The predicted molar refractivity (Wildman–Crippen MR) is 238 cm³/mol. The van der Waals surface area contributed by atoms with Gasteiger partial charge in [0.2, 0.25) is 0 Å². The Hall–Kier alpha value is -7.49. The molecule has 6 aromatic carbocycles. The molecular formula is C48H38N4O7S2. The van der Waals surface area contributed by atoms with E-state index in [1.165, 1.54) is 24.3 Å². The molecule has 0 heterocycles. The summed E-state index contributed by atoms with van der Waals surface area (Å²) >= 11 is 0.911. The van der Waals surface area contributed by atoms with E-state index in [0.29, 0.717) is 21.7 Å². The summed E-state index contributed by atoms with van der Waals surface area (Å²) in [6.45, 7) is 1.77. The Bertz CT molecular complexity index is 2740. The second-order valence-corrected chi connectivity index (χ2v) is 14.8. The normalized spacial score (nSPS) is 10.6. The molecule has 0 fully saturated rings. The molecule has 0 aliphatic rings. The van der Waals surface area contributed by atoms with Crippen molar-refractivity contribution in [3.63, 3.8) is 0 Å². The topological polar surface area (TPSA) is 166 Å². The van der Waals surface area contributed by atoms with Crippen molar-refractivity contribution in [1.82, 2.24) is 4.72 Å². The van der Waals surface area contributed by atoms with Gasteiger partial charge in [-0.3, -0.25) is 14.4 Å². The van der Waals surface area contributed by atoms with E-state index in [-0.39, 0.29) is 16.5 Å². The van der Waals surface area contributed by atoms with E-state index in [1.807, 2.05) is 89.7 Å². The first kappa shape index (κ1) is 44.6. The number of anilines is 2. The van der Waals surface area contributed by atoms with Crippen molar-refractivity contribution in [2.75, 3.05) is 10.6 Å². The molecule has 0 radical (unpaired) electrons. The van der Waals surface area contributed by atoms with Gasteiger partial charge in [0.15, 0.2) is 0 Å². The Balaban J connectivity index is 0.000000237. The molecule has 5 N–H and O–H groups in total. The lowest BCUT2D eigenvalue weighted by Crippen LogP contribution is -2.30. The number of carbonyl (C=O) groups excluding carboxylic acids is 3. The molecule has 6 aromatic rings. The van der Waals surface area contributed by atoms with Crippen LogP contribution in [-0.2, 0) is 24.1 Å². The van der Waals surface area contributed by atoms with Gasteiger partial charge in [-0.1, -0.05) is 103 Å². The first-order chi connectivity index (χ1) is 29.6. The highest BCUT2D eigenvalue weighted by molar-refractivity contribution is 7.94. The van der Waals surface area contributed by atoms with Crippen LogP contribution in [0.4, 0.5) is 11.4 Å². The van der Waals surface area contributed by atoms with Crippen molar-refractivity contribution in [3.05, 3.63) is 215 Å². The second kappa shape index (κ2) is 23.2. The summed E-state index contributed by atoms with van der Waals surface area (Å²) in [5.74, 6) is 15.6. The number of hydrogen-bond acceptors (Lipinski definition) is 9. The van der Waals surface area contributed by atoms with Gasteiger partial charge in [-0.15, -0.1) is 9.32 Å². The second-order valence-electron chi connectivity index (χ2n) is 12.4. The summed E-state index contributed by atoms with van der Waals surface area (Å²) in [5.41, 5.74) is 4.89. The van der Waals surface area contributed by atoms with Crippen LogP contribution in [0.2, 0.25) is 0 Å². The number of sulfonamides is 1. The van der Waals surface area contributed by atoms with Gasteiger partial charge in [0.1, 0.15) is 4.90 Å². The minimum atomic E-state index is -4.20. The molecule has 0 saturated heterocycles. The molecule has 13 heteroatoms. The maximum Gasteiger partial charge on any atom is 0.266 e. The summed E-state index contributed by atoms with van der Waals surface area (Å²) in [7, 11) is -4.20. The van der Waals surface area contributed by atoms with Crippen molar-refractivity contribution in [2.45, 2.75) is 16.7 Å². The third-order valence-electron chi connectivity index (χ3n) is 8.05. The van der Waals surface area contributed by atoms with Gasteiger partial charge in [0.05, 0.1) is 28.3 Å². The minimum absolute atomic E-state index is 0.0539. The zero-order valence-corrected chi connectivity index (χ0v) is 34.2. The maximum absolute atomic E-state index is 12.7. The third-order valence-corrected chi connectivity index (χ3v) is 10.1. The minimum Gasteiger partial charge on any atom is -0.321 e. The average molecular weight is 847 g/mol. The molecule has 0 spiro atoms. The molecule has 0 aromatic heterocycles. The van der Waals surface area contributed by atoms with Crippen LogP contribution >= 0.6 is 12.0 Å². The Labute approximate surface area is 358 Å². The van der Waals surface area contributed by atoms with Gasteiger partial charge in [0, 0.05) is 39.5 Å². The van der Waals surface area contributed by atoms with E-state index in [0.717, 1.165) is 40.4 Å². The fourth-order valence-corrected chi connectivity index (χ4v) is 6.67. The first-order valence-corrected chi connectivity index (χ1v) is 20.6. The highest BCUT2D eigenvalue weighted by Crippen LogP contribution is 2.28. The number of rotatable bonds is 11. The van der Waals surface area contributed by atoms with Crippen LogP contribution in [0.15, 0.2) is 192 Å². The van der Waals surface area contributed by atoms with Gasteiger partial charge in [-0.05, 0) is 104 Å². The summed E-state index contributed by atoms with van der Waals surface area (Å²) < 4.78 is 32.0. The number of hydrogen-bond donors (Lipinski definition) is 4. The molecule has 61 heavy (non-hydrogen) atoms. The Morgan fingerprint density at radius 2 is 1.02 bits per heavy atom. The number of benzene rings is 6. The van der Waals surface area contributed by atoms with Crippen molar-refractivity contribution in [3.8, 4) is 23.7 Å². The van der Waals surface area contributed by atoms with Gasteiger partial charge in [-0.25, -0.2) is 13.1 Å². The molecule has 304 valence electrons. The Morgan fingerprint density at radius 3 is 1.52 bits per heavy atom. The molecular weight excluding hydrogens is 809 g/mol. The molecule has 0 bridgehead atoms. The monoisotopic (exact) mass is 846 g/mol. The maximum atomic E-state index is 12.7. The van der Waals surface area contributed by atoms with Crippen molar-refractivity contribution in [2.24, 2.45) is 5.90 Å². The zero-order chi connectivity index (χ0) is 43.3. The summed E-state index contributed by atoms with van der Waals surface area (Å²) in [6.07, 6.45) is 5.82. The van der Waals surface area contributed by atoms with E-state index in [2.05, 4.69) is 43.6 Å². The number of nitrogens with two attached hydrogens (primary N) is 1. The lowest BCUT2D eigenvalue weighted by atomic mass is 10.1. The third kappa shape index (κ3) is 14.4. The molecule has 11 nitrogen and oxygen atoms in total. The van der Waals surface area contributed by atoms with E-state index in [9.17, 15) is 22.8 Å². The molecule has 0 aliphatic carbocycles. The fourth-order valence-electron chi connectivity index (χ4n) is 5.11. The molecule has 0 atom stereocenters. The summed E-state index contributed by atoms with van der Waals surface area (Å²) in [6, 6.07) is 46.0. The first-order valence-electron chi connectivity index (χ1n) is 18.4. The number of allylic oxidation sites excluding steroid dienone is 3. The highest BCUT2D eigenvalue weighted by atomic mass is 32.2. The van der Waals surface area contributed by atoms with Crippen molar-refractivity contribution < 1.29 is 32.1 Å². The van der Waals surface area contributed by atoms with Crippen LogP contribution in [0, 0.1) is 23.7 Å². The zero-order valence-electron chi connectivity index (χ0n) is 32.6. The van der Waals surface area contributed by atoms with Crippen LogP contribution in [0.3, 0.4) is 0 Å². The van der Waals surface area contributed by atoms with Crippen molar-refractivity contribution >= 4 is 51.2 Å². The highest BCUT2D eigenvalue weighted by Gasteiger charge is 2.21. The van der Waals surface area contributed by atoms with Gasteiger partial charge in [0.25, 0.3) is 27.7 Å². The lowest BCUT2D eigenvalue weighted by molar-refractivity contribution is -0.195. The standard InChI is InChI=1S/C27H22N2O4S.C21H16N2O3S/c1-2-3-5-14-26(30)29-34(32,33)25-13-9-8-12-24(25)28-27(31)23-19-17-22(18-20-23)16-15-21-10-6-4-7-11-21;22-25-26-27-20-9-5-4-8-19(20)23-21(24)18-14-12-17(13-15-18)11-10-16-6-2-1-3-7-16/h2-14,17-20H,1H3,(H,28,31)(H,29,30);1-9,12-15H,22H2,(H,23,24)/b3-2+,14-5+;. The van der Waals surface area contributed by atoms with Crippen LogP contribution in [0.5, 0.6) is 0 Å². The van der Waals surface area contributed by atoms with Crippen molar-refractivity contribution in [1.29, 1.82) is 0 Å². The fraction of sp³-hybridized carbons (Fsp3) is 0.0208. The molecule has 6 rings (SSSR count). The van der Waals surface area contributed by atoms with Crippen LogP contribution in [-0.4, -0.2) is 26.1 Å². The van der Waals surface area contributed by atoms with Gasteiger partial charge in [-0.2, -0.15) is 5.90 Å². The van der Waals surface area contributed by atoms with E-state index in [4.69, 9.17) is 5.90 Å². The van der Waals surface area contributed by atoms with Gasteiger partial charge < -0.3 is 10.6 Å². The number of para-hydroxylation sites is 2. The Kier molecular flexibility index (Phi) is 17.0. The van der Waals surface area contributed by atoms with E-state index < -0.39 is 21.8 Å². The largest absolute Gasteiger partial charge is 0.321 e. The lowest BCUT2D eigenvalue weighted by Gasteiger charge is -2.12. The number of amides is 3. The SMILES string of the molecule is C/C=C/C=C/C(=O)NS(=O)(=O)c1ccccc1NC(=O)c1ccc(C#Cc2ccccc2)cc1.NOOSc1ccccc1NC(=O)c1ccc(C#Cc2ccccc2)cc1. The van der Waals surface area contributed by atoms with Crippen LogP contribution < -0.4 is 21.3 Å². The summed E-state index contributed by atoms with van der Waals surface area (Å²) in [4.78, 5) is 41.7. The van der Waals surface area contributed by atoms with Crippen LogP contribution in [0.1, 0.15) is 49.9 Å². The van der Waals surface area contributed by atoms with Gasteiger partial charge >= 0.3 is 0 Å². The molecule has 3 amide bonds. The van der Waals surface area contributed by atoms with E-state index >= 15 is 0 Å². The number of carbonyl (C=O) groups is 3. The average Bonchev–Trinajstić information content (AvgIpc) is 3.28. The number of nitrogens with one attached hydrogen (secondary N) is 3. The smallest absolute Gasteiger partial charge is 0.266 e. The molecule has 0 unspecified atom stereocenters. The molecule has 0 aliphatic heterocycles. The van der Waals surface area contributed by atoms with Crippen LogP contribution in [0.25, 0.3) is 0 Å². The molecule has 0 saturated carbocycles. The Morgan fingerprint density at radius 1 is 0.574 bits per heavy atom.